The Morgan fingerprint density at radius 3 is 2.36 bits per heavy atom. The lowest BCUT2D eigenvalue weighted by Crippen LogP contribution is -2.16. The predicted octanol–water partition coefficient (Wildman–Crippen LogP) is 3.28. The van der Waals surface area contributed by atoms with Crippen LogP contribution in [0, 0.1) is 0 Å². The molecule has 130 valence electrons. The van der Waals surface area contributed by atoms with E-state index in [0.717, 1.165) is 0 Å². The van der Waals surface area contributed by atoms with Gasteiger partial charge in [-0.1, -0.05) is 0 Å². The van der Waals surface area contributed by atoms with Crippen LogP contribution in [0.5, 0.6) is 11.5 Å². The molecule has 0 atom stereocenters. The van der Waals surface area contributed by atoms with Crippen LogP contribution in [0.1, 0.15) is 17.3 Å². The summed E-state index contributed by atoms with van der Waals surface area (Å²) in [6.07, 6.45) is -0.532. The van der Waals surface area contributed by atoms with Gasteiger partial charge in [-0.3, -0.25) is 10.1 Å². The fourth-order valence-corrected chi connectivity index (χ4v) is 2.31. The Balaban J connectivity index is 1.64. The van der Waals surface area contributed by atoms with E-state index in [0.29, 0.717) is 48.3 Å². The highest BCUT2D eigenvalue weighted by atomic mass is 16.6. The smallest absolute Gasteiger partial charge is 0.411 e. The number of anilines is 2. The van der Waals surface area contributed by atoms with E-state index >= 15 is 0 Å². The molecule has 1 aliphatic rings. The quantitative estimate of drug-likeness (QED) is 0.890. The summed E-state index contributed by atoms with van der Waals surface area (Å²) in [6, 6.07) is 11.7. The van der Waals surface area contributed by atoms with Crippen molar-refractivity contribution >= 4 is 23.4 Å². The van der Waals surface area contributed by atoms with Crippen LogP contribution in [0.3, 0.4) is 0 Å². The summed E-state index contributed by atoms with van der Waals surface area (Å²) in [5, 5.41) is 5.37. The summed E-state index contributed by atoms with van der Waals surface area (Å²) >= 11 is 0. The number of carbonyl (C=O) groups excluding carboxylic acids is 2. The van der Waals surface area contributed by atoms with Crippen LogP contribution in [0.4, 0.5) is 16.2 Å². The van der Waals surface area contributed by atoms with Gasteiger partial charge in [0.1, 0.15) is 13.2 Å². The highest BCUT2D eigenvalue weighted by molar-refractivity contribution is 6.04. The summed E-state index contributed by atoms with van der Waals surface area (Å²) < 4.78 is 15.7. The van der Waals surface area contributed by atoms with Crippen LogP contribution in [0.2, 0.25) is 0 Å². The molecule has 1 aliphatic heterocycles. The Labute approximate surface area is 144 Å². The van der Waals surface area contributed by atoms with Crippen LogP contribution in [-0.2, 0) is 4.74 Å². The standard InChI is InChI=1S/C18H18N2O5/c1-2-23-18(22)20-13-5-3-12(4-6-13)17(21)19-14-7-8-15-16(11-14)25-10-9-24-15/h3-8,11H,2,9-10H2,1H3,(H,19,21)(H,20,22). The Hall–Kier alpha value is -3.22. The topological polar surface area (TPSA) is 85.9 Å². The Morgan fingerprint density at radius 2 is 1.64 bits per heavy atom. The lowest BCUT2D eigenvalue weighted by Gasteiger charge is -2.19. The summed E-state index contributed by atoms with van der Waals surface area (Å²) in [5.41, 5.74) is 1.63. The zero-order valence-corrected chi connectivity index (χ0v) is 13.7. The van der Waals surface area contributed by atoms with Gasteiger partial charge in [-0.15, -0.1) is 0 Å². The number of nitrogens with one attached hydrogen (secondary N) is 2. The van der Waals surface area contributed by atoms with Crippen LogP contribution >= 0.6 is 0 Å². The van der Waals surface area contributed by atoms with E-state index in [1.54, 1.807) is 49.4 Å². The molecule has 0 spiro atoms. The zero-order chi connectivity index (χ0) is 17.6. The minimum absolute atomic E-state index is 0.264. The highest BCUT2D eigenvalue weighted by Crippen LogP contribution is 2.32. The van der Waals surface area contributed by atoms with E-state index in [4.69, 9.17) is 14.2 Å². The molecule has 7 heteroatoms. The first-order chi connectivity index (χ1) is 12.2. The molecule has 0 radical (unpaired) electrons. The molecule has 2 aromatic rings. The van der Waals surface area contributed by atoms with Gasteiger partial charge in [0.2, 0.25) is 0 Å². The number of hydrogen-bond donors (Lipinski definition) is 2. The number of ether oxygens (including phenoxy) is 3. The van der Waals surface area contributed by atoms with Crippen LogP contribution < -0.4 is 20.1 Å². The van der Waals surface area contributed by atoms with Gasteiger partial charge in [0.05, 0.1) is 6.61 Å². The third-order valence-corrected chi connectivity index (χ3v) is 3.47. The van der Waals surface area contributed by atoms with Gasteiger partial charge >= 0.3 is 6.09 Å². The van der Waals surface area contributed by atoms with Gasteiger partial charge in [-0.25, -0.2) is 4.79 Å². The molecule has 0 saturated carbocycles. The van der Waals surface area contributed by atoms with E-state index in [1.165, 1.54) is 0 Å². The maximum Gasteiger partial charge on any atom is 0.411 e. The molecule has 1 heterocycles. The average molecular weight is 342 g/mol. The molecular weight excluding hydrogens is 324 g/mol. The van der Waals surface area contributed by atoms with Crippen molar-refractivity contribution in [2.45, 2.75) is 6.92 Å². The maximum absolute atomic E-state index is 12.3. The third kappa shape index (κ3) is 4.20. The summed E-state index contributed by atoms with van der Waals surface area (Å²) in [6.45, 7) is 3.02. The molecular formula is C18H18N2O5. The molecule has 2 aromatic carbocycles. The van der Waals surface area contributed by atoms with Crippen LogP contribution in [0.15, 0.2) is 42.5 Å². The number of benzene rings is 2. The monoisotopic (exact) mass is 342 g/mol. The largest absolute Gasteiger partial charge is 0.486 e. The van der Waals surface area contributed by atoms with Gasteiger partial charge in [0, 0.05) is 23.0 Å². The molecule has 0 saturated heterocycles. The van der Waals surface area contributed by atoms with Gasteiger partial charge in [-0.05, 0) is 43.3 Å². The normalized spacial score (nSPS) is 12.2. The number of fused-ring (bicyclic) bond motifs is 1. The van der Waals surface area contributed by atoms with E-state index < -0.39 is 6.09 Å². The molecule has 0 unspecified atom stereocenters. The van der Waals surface area contributed by atoms with E-state index in [9.17, 15) is 9.59 Å². The first-order valence-corrected chi connectivity index (χ1v) is 7.90. The Kier molecular flexibility index (Phi) is 5.03. The van der Waals surface area contributed by atoms with Crippen molar-refractivity contribution in [3.05, 3.63) is 48.0 Å². The summed E-state index contributed by atoms with van der Waals surface area (Å²) in [5.74, 6) is 1.01. The van der Waals surface area contributed by atoms with Crippen molar-refractivity contribution in [1.29, 1.82) is 0 Å². The van der Waals surface area contributed by atoms with Gasteiger partial charge in [-0.2, -0.15) is 0 Å². The minimum atomic E-state index is -0.532. The SMILES string of the molecule is CCOC(=O)Nc1ccc(C(=O)Nc2ccc3c(c2)OCCO3)cc1. The molecule has 0 aliphatic carbocycles. The van der Waals surface area contributed by atoms with Crippen molar-refractivity contribution in [2.75, 3.05) is 30.5 Å². The van der Waals surface area contributed by atoms with E-state index in [1.807, 2.05) is 0 Å². The first kappa shape index (κ1) is 16.6. The van der Waals surface area contributed by atoms with Crippen molar-refractivity contribution in [3.8, 4) is 11.5 Å². The number of hydrogen-bond acceptors (Lipinski definition) is 5. The molecule has 7 nitrogen and oxygen atoms in total. The molecule has 0 bridgehead atoms. The van der Waals surface area contributed by atoms with Gasteiger partial charge < -0.3 is 19.5 Å². The Bertz CT molecular complexity index is 774. The maximum atomic E-state index is 12.3. The van der Waals surface area contributed by atoms with Crippen molar-refractivity contribution in [3.63, 3.8) is 0 Å². The molecule has 0 fully saturated rings. The highest BCUT2D eigenvalue weighted by Gasteiger charge is 2.13. The van der Waals surface area contributed by atoms with Crippen molar-refractivity contribution < 1.29 is 23.8 Å². The second-order valence-electron chi connectivity index (χ2n) is 5.24. The molecule has 25 heavy (non-hydrogen) atoms. The molecule has 3 rings (SSSR count). The van der Waals surface area contributed by atoms with Crippen LogP contribution in [-0.4, -0.2) is 31.8 Å². The van der Waals surface area contributed by atoms with Crippen LogP contribution in [0.25, 0.3) is 0 Å². The lowest BCUT2D eigenvalue weighted by molar-refractivity contribution is 0.102. The molecule has 0 aromatic heterocycles. The fourth-order valence-electron chi connectivity index (χ4n) is 2.31. The average Bonchev–Trinajstić information content (AvgIpc) is 2.62. The number of amides is 2. The Morgan fingerprint density at radius 1 is 0.960 bits per heavy atom. The van der Waals surface area contributed by atoms with E-state index in [2.05, 4.69) is 10.6 Å². The zero-order valence-electron chi connectivity index (χ0n) is 13.7. The number of carbonyl (C=O) groups is 2. The van der Waals surface area contributed by atoms with Crippen molar-refractivity contribution in [1.82, 2.24) is 0 Å². The molecule has 2 amide bonds. The van der Waals surface area contributed by atoms with Gasteiger partial charge in [0.15, 0.2) is 11.5 Å². The second kappa shape index (κ2) is 7.57. The number of rotatable bonds is 4. The fraction of sp³-hybridized carbons (Fsp3) is 0.222. The first-order valence-electron chi connectivity index (χ1n) is 7.90. The van der Waals surface area contributed by atoms with Crippen molar-refractivity contribution in [2.24, 2.45) is 0 Å². The minimum Gasteiger partial charge on any atom is -0.486 e. The van der Waals surface area contributed by atoms with E-state index in [-0.39, 0.29) is 5.91 Å². The lowest BCUT2D eigenvalue weighted by atomic mass is 10.2. The second-order valence-corrected chi connectivity index (χ2v) is 5.24. The molecule has 2 N–H and O–H groups in total. The predicted molar refractivity (Wildman–Crippen MR) is 92.5 cm³/mol. The summed E-state index contributed by atoms with van der Waals surface area (Å²) in [4.78, 5) is 23.7. The summed E-state index contributed by atoms with van der Waals surface area (Å²) in [7, 11) is 0. The third-order valence-electron chi connectivity index (χ3n) is 3.47. The van der Waals surface area contributed by atoms with Gasteiger partial charge in [0.25, 0.3) is 5.91 Å².